The molecular weight excluding hydrogens is 528 g/mol. The van der Waals surface area contributed by atoms with Crippen molar-refractivity contribution in [2.75, 3.05) is 26.4 Å². The summed E-state index contributed by atoms with van der Waals surface area (Å²) in [5.41, 5.74) is 1.10. The van der Waals surface area contributed by atoms with Crippen molar-refractivity contribution in [1.29, 1.82) is 0 Å². The molecule has 9 nitrogen and oxygen atoms in total. The molecule has 6 rings (SSSR count). The second-order valence-corrected chi connectivity index (χ2v) is 9.39. The molecule has 0 saturated carbocycles. The molecule has 0 fully saturated rings. The number of benzene rings is 4. The van der Waals surface area contributed by atoms with Crippen molar-refractivity contribution in [2.24, 2.45) is 0 Å². The Morgan fingerprint density at radius 1 is 0.439 bits per heavy atom. The Hall–Kier alpha value is -5.28. The van der Waals surface area contributed by atoms with Crippen LogP contribution in [-0.4, -0.2) is 59.8 Å². The summed E-state index contributed by atoms with van der Waals surface area (Å²) in [6, 6.07) is 18.7. The van der Waals surface area contributed by atoms with Crippen LogP contribution in [0.2, 0.25) is 0 Å². The maximum atomic E-state index is 12.9. The van der Waals surface area contributed by atoms with Crippen molar-refractivity contribution in [1.82, 2.24) is 0 Å². The Morgan fingerprint density at radius 2 is 0.805 bits per heavy atom. The molecule has 9 heteroatoms. The Morgan fingerprint density at radius 3 is 1.20 bits per heavy atom. The van der Waals surface area contributed by atoms with Crippen molar-refractivity contribution in [3.8, 4) is 23.0 Å². The summed E-state index contributed by atoms with van der Waals surface area (Å²) in [6.45, 7) is 0.279. The molecule has 0 bridgehead atoms. The van der Waals surface area contributed by atoms with Crippen molar-refractivity contribution >= 4 is 23.1 Å². The monoisotopic (exact) mass is 550 g/mol. The fourth-order valence-corrected chi connectivity index (χ4v) is 5.06. The highest BCUT2D eigenvalue weighted by atomic mass is 16.5. The first kappa shape index (κ1) is 26.0. The summed E-state index contributed by atoms with van der Waals surface area (Å²) >= 11 is 0. The molecule has 2 N–H and O–H groups in total. The molecule has 0 saturated heterocycles. The molecule has 4 aromatic carbocycles. The average molecular weight is 551 g/mol. The number of aromatic hydroxyl groups is 2. The van der Waals surface area contributed by atoms with Gasteiger partial charge in [-0.1, -0.05) is 48.5 Å². The minimum atomic E-state index is -0.452. The van der Waals surface area contributed by atoms with E-state index >= 15 is 0 Å². The van der Waals surface area contributed by atoms with Gasteiger partial charge in [0.1, 0.15) is 13.2 Å². The molecule has 2 aliphatic carbocycles. The molecule has 0 aromatic heterocycles. The van der Waals surface area contributed by atoms with E-state index in [1.807, 2.05) is 0 Å². The first-order valence-electron chi connectivity index (χ1n) is 12.8. The van der Waals surface area contributed by atoms with Crippen LogP contribution in [0.1, 0.15) is 63.7 Å². The zero-order chi connectivity index (χ0) is 28.7. The first-order chi connectivity index (χ1) is 19.9. The van der Waals surface area contributed by atoms with E-state index < -0.39 is 23.1 Å². The summed E-state index contributed by atoms with van der Waals surface area (Å²) in [5.74, 6) is -2.31. The van der Waals surface area contributed by atoms with Gasteiger partial charge < -0.3 is 24.4 Å². The molecule has 0 spiro atoms. The normalized spacial score (nSPS) is 13.3. The molecule has 0 heterocycles. The minimum absolute atomic E-state index is 0.0329. The fourth-order valence-electron chi connectivity index (χ4n) is 5.06. The number of hydrogen-bond acceptors (Lipinski definition) is 9. The van der Waals surface area contributed by atoms with Gasteiger partial charge in [0.2, 0.25) is 0 Å². The molecule has 4 aromatic rings. The van der Waals surface area contributed by atoms with Gasteiger partial charge in [-0.2, -0.15) is 0 Å². The highest BCUT2D eigenvalue weighted by Crippen LogP contribution is 2.40. The number of rotatable bonds is 8. The number of ether oxygens (including phenoxy) is 3. The lowest BCUT2D eigenvalue weighted by Crippen LogP contribution is -2.21. The number of ketones is 4. The molecule has 0 radical (unpaired) electrons. The lowest BCUT2D eigenvalue weighted by molar-refractivity contribution is 0.0749. The zero-order valence-electron chi connectivity index (χ0n) is 21.5. The van der Waals surface area contributed by atoms with E-state index in [2.05, 4.69) is 0 Å². The fraction of sp³-hybridized carbons (Fsp3) is 0.125. The van der Waals surface area contributed by atoms with E-state index in [1.165, 1.54) is 24.3 Å². The number of fused-ring (bicyclic) bond motifs is 4. The van der Waals surface area contributed by atoms with E-state index in [0.717, 1.165) is 0 Å². The van der Waals surface area contributed by atoms with Crippen molar-refractivity contribution in [3.63, 3.8) is 0 Å². The molecular formula is C32H22O9. The Kier molecular flexibility index (Phi) is 6.56. The van der Waals surface area contributed by atoms with Crippen LogP contribution in [0, 0.1) is 0 Å². The van der Waals surface area contributed by atoms with Gasteiger partial charge in [-0.25, -0.2) is 0 Å². The van der Waals surface area contributed by atoms with Gasteiger partial charge >= 0.3 is 0 Å². The summed E-state index contributed by atoms with van der Waals surface area (Å²) < 4.78 is 16.7. The number of carbonyl (C=O) groups is 4. The molecule has 0 unspecified atom stereocenters. The van der Waals surface area contributed by atoms with Crippen LogP contribution >= 0.6 is 0 Å². The third-order valence-electron chi connectivity index (χ3n) is 7.03. The Labute approximate surface area is 233 Å². The Balaban J connectivity index is 1.03. The lowest BCUT2D eigenvalue weighted by Gasteiger charge is -2.20. The molecule has 41 heavy (non-hydrogen) atoms. The first-order valence-corrected chi connectivity index (χ1v) is 12.8. The quantitative estimate of drug-likeness (QED) is 0.268. The van der Waals surface area contributed by atoms with Crippen molar-refractivity contribution < 1.29 is 43.6 Å². The van der Waals surface area contributed by atoms with Gasteiger partial charge in [0, 0.05) is 33.4 Å². The van der Waals surface area contributed by atoms with Gasteiger partial charge in [0.15, 0.2) is 46.1 Å². The molecule has 2 aliphatic rings. The summed E-state index contributed by atoms with van der Waals surface area (Å²) in [6.07, 6.45) is 0. The molecule has 204 valence electrons. The van der Waals surface area contributed by atoms with E-state index in [-0.39, 0.29) is 82.9 Å². The second kappa shape index (κ2) is 10.4. The van der Waals surface area contributed by atoms with E-state index in [4.69, 9.17) is 14.2 Å². The highest BCUT2D eigenvalue weighted by molar-refractivity contribution is 6.30. The van der Waals surface area contributed by atoms with Crippen LogP contribution in [0.5, 0.6) is 23.0 Å². The lowest BCUT2D eigenvalue weighted by atomic mass is 9.83. The summed E-state index contributed by atoms with van der Waals surface area (Å²) in [7, 11) is 0. The van der Waals surface area contributed by atoms with E-state index in [9.17, 15) is 29.4 Å². The number of phenolic OH excluding ortho intramolecular Hbond substituents is 2. The van der Waals surface area contributed by atoms with Gasteiger partial charge in [-0.15, -0.1) is 0 Å². The number of carbonyl (C=O) groups excluding carboxylic acids is 4. The van der Waals surface area contributed by atoms with Crippen molar-refractivity contribution in [2.45, 2.75) is 0 Å². The maximum Gasteiger partial charge on any atom is 0.198 e. The van der Waals surface area contributed by atoms with Crippen molar-refractivity contribution in [3.05, 3.63) is 117 Å². The molecule has 0 amide bonds. The second-order valence-electron chi connectivity index (χ2n) is 9.39. The third-order valence-corrected chi connectivity index (χ3v) is 7.03. The van der Waals surface area contributed by atoms with Crippen LogP contribution < -0.4 is 9.47 Å². The Bertz CT molecular complexity index is 1640. The summed E-state index contributed by atoms with van der Waals surface area (Å²) in [4.78, 5) is 51.4. The SMILES string of the molecule is O=C1c2ccccc2C(=O)c2c1ccc(OCCOCCOc1ccc3c(c1O)C(=O)c1ccccc1C3=O)c2O. The number of hydrogen-bond donors (Lipinski definition) is 2. The maximum absolute atomic E-state index is 12.9. The van der Waals surface area contributed by atoms with Crippen LogP contribution in [0.4, 0.5) is 0 Å². The predicted molar refractivity (Wildman–Crippen MR) is 145 cm³/mol. The van der Waals surface area contributed by atoms with Gasteiger partial charge in [0.25, 0.3) is 0 Å². The van der Waals surface area contributed by atoms with Crippen LogP contribution in [-0.2, 0) is 4.74 Å². The van der Waals surface area contributed by atoms with Gasteiger partial charge in [0.05, 0.1) is 24.3 Å². The minimum Gasteiger partial charge on any atom is -0.504 e. The van der Waals surface area contributed by atoms with Gasteiger partial charge in [-0.05, 0) is 24.3 Å². The molecule has 0 atom stereocenters. The summed E-state index contributed by atoms with van der Waals surface area (Å²) in [5, 5.41) is 21.4. The van der Waals surface area contributed by atoms with Gasteiger partial charge in [-0.3, -0.25) is 19.2 Å². The average Bonchev–Trinajstić information content (AvgIpc) is 2.99. The predicted octanol–water partition coefficient (Wildman–Crippen LogP) is 4.12. The van der Waals surface area contributed by atoms with E-state index in [0.29, 0.717) is 11.1 Å². The number of phenols is 2. The zero-order valence-corrected chi connectivity index (χ0v) is 21.5. The van der Waals surface area contributed by atoms with Crippen LogP contribution in [0.15, 0.2) is 72.8 Å². The standard InChI is InChI=1S/C32H22O9/c33-27-17-5-1-3-7-19(17)29(35)25-21(27)9-11-23(31(25)37)40-15-13-39-14-16-41-24-12-10-22-26(32(24)38)30(36)20-8-4-2-6-18(20)28(22)34/h1-12,37-38H,13-16H2. The molecule has 0 aliphatic heterocycles. The smallest absolute Gasteiger partial charge is 0.198 e. The van der Waals surface area contributed by atoms with Crippen LogP contribution in [0.3, 0.4) is 0 Å². The third kappa shape index (κ3) is 4.32. The highest BCUT2D eigenvalue weighted by Gasteiger charge is 2.34. The largest absolute Gasteiger partial charge is 0.504 e. The van der Waals surface area contributed by atoms with Crippen LogP contribution in [0.25, 0.3) is 0 Å². The topological polar surface area (TPSA) is 136 Å². The van der Waals surface area contributed by atoms with E-state index in [1.54, 1.807) is 48.5 Å².